The van der Waals surface area contributed by atoms with Crippen molar-refractivity contribution >= 4 is 21.6 Å². The van der Waals surface area contributed by atoms with Crippen LogP contribution in [0.15, 0.2) is 65.7 Å². The first-order valence-electron chi connectivity index (χ1n) is 10.3. The number of nitrogens with one attached hydrogen (secondary N) is 1. The van der Waals surface area contributed by atoms with E-state index in [2.05, 4.69) is 10.3 Å². The molecule has 11 heteroatoms. The number of aromatic nitrogens is 1. The lowest BCUT2D eigenvalue weighted by atomic mass is 10.2. The number of sulfonamides is 1. The summed E-state index contributed by atoms with van der Waals surface area (Å²) < 4.78 is 57.5. The molecule has 178 valence electrons. The average molecular weight is 488 g/mol. The molecular weight excluding hydrogens is 465 g/mol. The maximum Gasteiger partial charge on any atom is 0.255 e. The van der Waals surface area contributed by atoms with Gasteiger partial charge in [-0.05, 0) is 54.6 Å². The van der Waals surface area contributed by atoms with Crippen LogP contribution in [0.2, 0.25) is 0 Å². The highest BCUT2D eigenvalue weighted by atomic mass is 32.2. The van der Waals surface area contributed by atoms with E-state index in [1.54, 1.807) is 43.5 Å². The SMILES string of the molecule is COc1ccc(Oc2ncccc2NC(=O)c2ccc(F)c(S(=O)(=O)N3CCOCC3)c2)cc1. The largest absolute Gasteiger partial charge is 0.497 e. The van der Waals surface area contributed by atoms with Gasteiger partial charge < -0.3 is 19.5 Å². The summed E-state index contributed by atoms with van der Waals surface area (Å²) >= 11 is 0. The van der Waals surface area contributed by atoms with Crippen LogP contribution in [0.4, 0.5) is 10.1 Å². The topological polar surface area (TPSA) is 107 Å². The van der Waals surface area contributed by atoms with Gasteiger partial charge in [-0.1, -0.05) is 0 Å². The number of carbonyl (C=O) groups excluding carboxylic acids is 1. The highest BCUT2D eigenvalue weighted by Gasteiger charge is 2.30. The number of amides is 1. The van der Waals surface area contributed by atoms with E-state index in [0.717, 1.165) is 16.4 Å². The zero-order valence-corrected chi connectivity index (χ0v) is 19.0. The van der Waals surface area contributed by atoms with Crippen LogP contribution in [0.25, 0.3) is 0 Å². The number of anilines is 1. The molecule has 4 rings (SSSR count). The summed E-state index contributed by atoms with van der Waals surface area (Å²) in [5.74, 6) is -0.333. The summed E-state index contributed by atoms with van der Waals surface area (Å²) in [6, 6.07) is 13.2. The summed E-state index contributed by atoms with van der Waals surface area (Å²) in [5.41, 5.74) is 0.220. The van der Waals surface area contributed by atoms with Crippen LogP contribution >= 0.6 is 0 Å². The number of pyridine rings is 1. The number of nitrogens with zero attached hydrogens (tertiary/aromatic N) is 2. The first-order chi connectivity index (χ1) is 16.4. The van der Waals surface area contributed by atoms with Crippen LogP contribution in [-0.2, 0) is 14.8 Å². The van der Waals surface area contributed by atoms with Gasteiger partial charge in [-0.3, -0.25) is 4.79 Å². The maximum atomic E-state index is 14.5. The lowest BCUT2D eigenvalue weighted by Gasteiger charge is -2.26. The highest BCUT2D eigenvalue weighted by molar-refractivity contribution is 7.89. The molecule has 0 atom stereocenters. The predicted molar refractivity (Wildman–Crippen MR) is 121 cm³/mol. The van der Waals surface area contributed by atoms with E-state index < -0.39 is 26.6 Å². The minimum Gasteiger partial charge on any atom is -0.497 e. The van der Waals surface area contributed by atoms with E-state index in [0.29, 0.717) is 11.5 Å². The number of benzene rings is 2. The molecule has 3 aromatic rings. The van der Waals surface area contributed by atoms with Gasteiger partial charge in [0.1, 0.15) is 27.9 Å². The fourth-order valence-corrected chi connectivity index (χ4v) is 4.78. The molecule has 0 unspecified atom stereocenters. The molecule has 0 saturated carbocycles. The Hall–Kier alpha value is -3.54. The molecule has 2 aromatic carbocycles. The van der Waals surface area contributed by atoms with Gasteiger partial charge in [0.2, 0.25) is 15.9 Å². The van der Waals surface area contributed by atoms with Gasteiger partial charge in [-0.25, -0.2) is 17.8 Å². The fraction of sp³-hybridized carbons (Fsp3) is 0.217. The van der Waals surface area contributed by atoms with Crippen molar-refractivity contribution < 1.29 is 31.8 Å². The normalized spacial score (nSPS) is 14.4. The number of rotatable bonds is 7. The second-order valence-corrected chi connectivity index (χ2v) is 9.16. The molecule has 1 N–H and O–H groups in total. The Balaban J connectivity index is 1.56. The molecule has 1 saturated heterocycles. The summed E-state index contributed by atoms with van der Waals surface area (Å²) in [7, 11) is -2.57. The summed E-state index contributed by atoms with van der Waals surface area (Å²) in [5, 5.41) is 2.65. The Morgan fingerprint density at radius 1 is 1.09 bits per heavy atom. The minimum absolute atomic E-state index is 0.0347. The second kappa shape index (κ2) is 10.2. The van der Waals surface area contributed by atoms with Gasteiger partial charge in [-0.2, -0.15) is 4.31 Å². The van der Waals surface area contributed by atoms with Crippen molar-refractivity contribution in [2.75, 3.05) is 38.7 Å². The van der Waals surface area contributed by atoms with E-state index in [1.807, 2.05) is 0 Å². The Kier molecular flexibility index (Phi) is 7.06. The van der Waals surface area contributed by atoms with Crippen molar-refractivity contribution in [1.82, 2.24) is 9.29 Å². The molecule has 1 aliphatic rings. The van der Waals surface area contributed by atoms with E-state index in [9.17, 15) is 17.6 Å². The van der Waals surface area contributed by atoms with Crippen LogP contribution in [0.5, 0.6) is 17.4 Å². The van der Waals surface area contributed by atoms with Gasteiger partial charge in [0.25, 0.3) is 5.91 Å². The molecule has 9 nitrogen and oxygen atoms in total. The summed E-state index contributed by atoms with van der Waals surface area (Å²) in [6.07, 6.45) is 1.50. The Morgan fingerprint density at radius 2 is 1.79 bits per heavy atom. The zero-order valence-electron chi connectivity index (χ0n) is 18.2. The predicted octanol–water partition coefficient (Wildman–Crippen LogP) is 3.29. The standard InChI is InChI=1S/C23H22FN3O6S/c1-31-17-5-7-18(8-6-17)33-23-20(3-2-10-25-23)26-22(28)16-4-9-19(24)21(15-16)34(29,30)27-11-13-32-14-12-27/h2-10,15H,11-14H2,1H3,(H,26,28). The zero-order chi connectivity index (χ0) is 24.1. The number of hydrogen-bond donors (Lipinski definition) is 1. The monoisotopic (exact) mass is 487 g/mol. The molecule has 0 bridgehead atoms. The van der Waals surface area contributed by atoms with Gasteiger partial charge in [0.05, 0.1) is 20.3 Å². The van der Waals surface area contributed by atoms with E-state index in [1.165, 1.54) is 12.3 Å². The molecule has 0 spiro atoms. The highest BCUT2D eigenvalue weighted by Crippen LogP contribution is 2.29. The first kappa shape index (κ1) is 23.6. The van der Waals surface area contributed by atoms with Crippen molar-refractivity contribution in [2.45, 2.75) is 4.90 Å². The lowest BCUT2D eigenvalue weighted by Crippen LogP contribution is -2.41. The minimum atomic E-state index is -4.13. The third-order valence-electron chi connectivity index (χ3n) is 5.07. The number of morpholine rings is 1. The quantitative estimate of drug-likeness (QED) is 0.545. The van der Waals surface area contributed by atoms with Crippen molar-refractivity contribution in [3.63, 3.8) is 0 Å². The van der Waals surface area contributed by atoms with E-state index in [-0.39, 0.29) is 43.4 Å². The number of carbonyl (C=O) groups is 1. The van der Waals surface area contributed by atoms with Crippen molar-refractivity contribution in [3.8, 4) is 17.4 Å². The van der Waals surface area contributed by atoms with E-state index in [4.69, 9.17) is 14.2 Å². The molecule has 1 fully saturated rings. The Bertz CT molecular complexity index is 1280. The fourth-order valence-electron chi connectivity index (χ4n) is 3.29. The third kappa shape index (κ3) is 5.16. The molecule has 2 heterocycles. The van der Waals surface area contributed by atoms with Gasteiger partial charge in [0.15, 0.2) is 0 Å². The average Bonchev–Trinajstić information content (AvgIpc) is 2.86. The number of hydrogen-bond acceptors (Lipinski definition) is 7. The van der Waals surface area contributed by atoms with Crippen LogP contribution in [0.1, 0.15) is 10.4 Å². The molecule has 1 aromatic heterocycles. The number of ether oxygens (including phenoxy) is 3. The Labute approximate surface area is 196 Å². The third-order valence-corrected chi connectivity index (χ3v) is 6.99. The molecule has 34 heavy (non-hydrogen) atoms. The lowest BCUT2D eigenvalue weighted by molar-refractivity contribution is 0.0729. The van der Waals surface area contributed by atoms with Crippen LogP contribution in [0, 0.1) is 5.82 Å². The second-order valence-electron chi connectivity index (χ2n) is 7.25. The number of methoxy groups -OCH3 is 1. The maximum absolute atomic E-state index is 14.5. The van der Waals surface area contributed by atoms with Crippen LogP contribution in [-0.4, -0.2) is 57.0 Å². The molecule has 1 aliphatic heterocycles. The van der Waals surface area contributed by atoms with Crippen molar-refractivity contribution in [2.24, 2.45) is 0 Å². The first-order valence-corrected chi connectivity index (χ1v) is 11.8. The smallest absolute Gasteiger partial charge is 0.255 e. The van der Waals surface area contributed by atoms with Crippen LogP contribution < -0.4 is 14.8 Å². The van der Waals surface area contributed by atoms with Crippen LogP contribution in [0.3, 0.4) is 0 Å². The molecule has 1 amide bonds. The van der Waals surface area contributed by atoms with Gasteiger partial charge in [-0.15, -0.1) is 0 Å². The number of halogens is 1. The van der Waals surface area contributed by atoms with Gasteiger partial charge >= 0.3 is 0 Å². The summed E-state index contributed by atoms with van der Waals surface area (Å²) in [4.78, 5) is 16.5. The molecule has 0 aliphatic carbocycles. The van der Waals surface area contributed by atoms with E-state index >= 15 is 0 Å². The Morgan fingerprint density at radius 3 is 2.50 bits per heavy atom. The molecular formula is C23H22FN3O6S. The van der Waals surface area contributed by atoms with Crippen molar-refractivity contribution in [3.05, 3.63) is 72.2 Å². The summed E-state index contributed by atoms with van der Waals surface area (Å²) in [6.45, 7) is 0.665. The molecule has 0 radical (unpaired) electrons. The van der Waals surface area contributed by atoms with Crippen molar-refractivity contribution in [1.29, 1.82) is 0 Å². The van der Waals surface area contributed by atoms with Gasteiger partial charge in [0, 0.05) is 24.8 Å².